The van der Waals surface area contributed by atoms with Gasteiger partial charge in [0.05, 0.1) is 10.6 Å². The fourth-order valence-corrected chi connectivity index (χ4v) is 3.09. The summed E-state index contributed by atoms with van der Waals surface area (Å²) in [4.78, 5) is 2.32. The Balaban J connectivity index is 2.26. The molecule has 1 aliphatic rings. The molecule has 0 aliphatic carbocycles. The van der Waals surface area contributed by atoms with Gasteiger partial charge in [0.2, 0.25) is 0 Å². The monoisotopic (exact) mass is 320 g/mol. The van der Waals surface area contributed by atoms with E-state index in [1.165, 1.54) is 6.07 Å². The number of piperazine rings is 1. The van der Waals surface area contributed by atoms with E-state index in [1.807, 2.05) is 0 Å². The molecule has 0 spiro atoms. The summed E-state index contributed by atoms with van der Waals surface area (Å²) < 4.78 is 38.3. The molecule has 0 unspecified atom stereocenters. The first-order valence-corrected chi connectivity index (χ1v) is 7.62. The molecule has 0 radical (unpaired) electrons. The predicted molar refractivity (Wildman–Crippen MR) is 78.5 cm³/mol. The highest BCUT2D eigenvalue weighted by molar-refractivity contribution is 6.31. The molecule has 1 saturated heterocycles. The van der Waals surface area contributed by atoms with Gasteiger partial charge in [0.1, 0.15) is 0 Å². The first-order valence-electron chi connectivity index (χ1n) is 7.25. The molecule has 0 amide bonds. The van der Waals surface area contributed by atoms with E-state index in [-0.39, 0.29) is 11.1 Å². The second kappa shape index (κ2) is 6.99. The van der Waals surface area contributed by atoms with Gasteiger partial charge in [-0.1, -0.05) is 31.0 Å². The predicted octanol–water partition coefficient (Wildman–Crippen LogP) is 4.11. The lowest BCUT2D eigenvalue weighted by Crippen LogP contribution is -2.45. The third-order valence-electron chi connectivity index (χ3n) is 3.84. The van der Waals surface area contributed by atoms with Gasteiger partial charge < -0.3 is 5.32 Å². The highest BCUT2D eigenvalue weighted by Gasteiger charge is 2.33. The smallest absolute Gasteiger partial charge is 0.314 e. The second-order valence-corrected chi connectivity index (χ2v) is 5.73. The molecule has 2 rings (SSSR count). The summed E-state index contributed by atoms with van der Waals surface area (Å²) in [5.74, 6) is 0. The Kier molecular flexibility index (Phi) is 5.52. The lowest BCUT2D eigenvalue weighted by atomic mass is 9.98. The van der Waals surface area contributed by atoms with Gasteiger partial charge in [-0.25, -0.2) is 0 Å². The maximum Gasteiger partial charge on any atom is 0.417 e. The van der Waals surface area contributed by atoms with E-state index in [4.69, 9.17) is 11.6 Å². The first kappa shape index (κ1) is 16.6. The summed E-state index contributed by atoms with van der Waals surface area (Å²) in [6.07, 6.45) is -2.50. The topological polar surface area (TPSA) is 15.3 Å². The Morgan fingerprint density at radius 2 is 1.95 bits per heavy atom. The minimum absolute atomic E-state index is 0.136. The fraction of sp³-hybridized carbons (Fsp3) is 0.600. The van der Waals surface area contributed by atoms with Crippen molar-refractivity contribution in [2.24, 2.45) is 0 Å². The van der Waals surface area contributed by atoms with Crippen LogP contribution < -0.4 is 5.32 Å². The Hall–Kier alpha value is -0.780. The van der Waals surface area contributed by atoms with Gasteiger partial charge in [0.15, 0.2) is 0 Å². The molecule has 2 nitrogen and oxygen atoms in total. The summed E-state index contributed by atoms with van der Waals surface area (Å²) in [5, 5.41) is 3.08. The van der Waals surface area contributed by atoms with Crippen molar-refractivity contribution in [3.8, 4) is 0 Å². The number of alkyl halides is 3. The largest absolute Gasteiger partial charge is 0.417 e. The quantitative estimate of drug-likeness (QED) is 0.898. The summed E-state index contributed by atoms with van der Waals surface area (Å²) in [6.45, 7) is 5.72. The third kappa shape index (κ3) is 4.11. The molecule has 6 heteroatoms. The molecule has 21 heavy (non-hydrogen) atoms. The Bertz CT molecular complexity index is 470. The minimum atomic E-state index is -4.40. The van der Waals surface area contributed by atoms with Gasteiger partial charge in [0.25, 0.3) is 0 Å². The lowest BCUT2D eigenvalue weighted by Gasteiger charge is -2.35. The number of benzene rings is 1. The van der Waals surface area contributed by atoms with Crippen LogP contribution >= 0.6 is 11.6 Å². The van der Waals surface area contributed by atoms with Gasteiger partial charge in [-0.05, 0) is 24.1 Å². The first-order chi connectivity index (χ1) is 9.93. The number of hydrogen-bond acceptors (Lipinski definition) is 2. The van der Waals surface area contributed by atoms with Crippen LogP contribution in [0.25, 0.3) is 0 Å². The average molecular weight is 321 g/mol. The van der Waals surface area contributed by atoms with Gasteiger partial charge in [-0.3, -0.25) is 4.90 Å². The van der Waals surface area contributed by atoms with Gasteiger partial charge in [-0.2, -0.15) is 13.2 Å². The van der Waals surface area contributed by atoms with Crippen LogP contribution in [-0.4, -0.2) is 31.1 Å². The molecule has 1 aliphatic heterocycles. The van der Waals surface area contributed by atoms with Crippen LogP contribution in [-0.2, 0) is 6.18 Å². The normalized spacial score (nSPS) is 18.7. The van der Waals surface area contributed by atoms with E-state index < -0.39 is 11.7 Å². The van der Waals surface area contributed by atoms with Crippen LogP contribution in [0.1, 0.15) is 36.9 Å². The maximum atomic E-state index is 12.8. The molecule has 0 bridgehead atoms. The number of nitrogens with zero attached hydrogens (tertiary/aromatic N) is 1. The number of hydrogen-bond donors (Lipinski definition) is 1. The maximum absolute atomic E-state index is 12.8. The fourth-order valence-electron chi connectivity index (χ4n) is 2.80. The van der Waals surface area contributed by atoms with Gasteiger partial charge >= 0.3 is 6.18 Å². The number of rotatable bonds is 4. The molecule has 1 fully saturated rings. The minimum Gasteiger partial charge on any atom is -0.314 e. The zero-order chi connectivity index (χ0) is 15.5. The Labute approximate surface area is 128 Å². The van der Waals surface area contributed by atoms with E-state index >= 15 is 0 Å². The van der Waals surface area contributed by atoms with Crippen LogP contribution in [0.2, 0.25) is 5.02 Å². The van der Waals surface area contributed by atoms with Gasteiger partial charge in [-0.15, -0.1) is 0 Å². The standard InChI is InChI=1S/C15H20ClF3N2/c1-2-3-14(21-8-6-20-7-9-21)11-4-5-12(13(16)10-11)15(17,18)19/h4-5,10,14,20H,2-3,6-9H2,1H3/t14-/m0/s1. The third-order valence-corrected chi connectivity index (χ3v) is 4.15. The SMILES string of the molecule is CCC[C@@H](c1ccc(C(F)(F)F)c(Cl)c1)N1CCNCC1. The number of halogens is 4. The van der Waals surface area contributed by atoms with E-state index in [1.54, 1.807) is 6.07 Å². The van der Waals surface area contributed by atoms with Crippen molar-refractivity contribution in [1.29, 1.82) is 0 Å². The van der Waals surface area contributed by atoms with Crippen molar-refractivity contribution < 1.29 is 13.2 Å². The van der Waals surface area contributed by atoms with E-state index in [2.05, 4.69) is 17.1 Å². The molecule has 0 saturated carbocycles. The van der Waals surface area contributed by atoms with E-state index in [0.29, 0.717) is 0 Å². The molecule has 1 atom stereocenters. The van der Waals surface area contributed by atoms with Crippen LogP contribution in [0, 0.1) is 0 Å². The van der Waals surface area contributed by atoms with Crippen molar-refractivity contribution >= 4 is 11.6 Å². The molecular formula is C15H20ClF3N2. The van der Waals surface area contributed by atoms with Crippen LogP contribution in [0.3, 0.4) is 0 Å². The van der Waals surface area contributed by atoms with Crippen molar-refractivity contribution in [1.82, 2.24) is 10.2 Å². The Morgan fingerprint density at radius 1 is 1.29 bits per heavy atom. The molecular weight excluding hydrogens is 301 g/mol. The molecule has 1 N–H and O–H groups in total. The zero-order valence-electron chi connectivity index (χ0n) is 12.0. The molecule has 118 valence electrons. The molecule has 1 heterocycles. The van der Waals surface area contributed by atoms with Crippen molar-refractivity contribution in [2.45, 2.75) is 32.0 Å². The summed E-state index contributed by atoms with van der Waals surface area (Å²) in [7, 11) is 0. The van der Waals surface area contributed by atoms with Gasteiger partial charge in [0, 0.05) is 32.2 Å². The van der Waals surface area contributed by atoms with Crippen LogP contribution in [0.4, 0.5) is 13.2 Å². The Morgan fingerprint density at radius 3 is 2.48 bits per heavy atom. The summed E-state index contributed by atoms with van der Waals surface area (Å²) in [5.41, 5.74) is 0.111. The zero-order valence-corrected chi connectivity index (χ0v) is 12.8. The summed E-state index contributed by atoms with van der Waals surface area (Å²) in [6, 6.07) is 4.28. The van der Waals surface area contributed by atoms with Crippen molar-refractivity contribution in [3.63, 3.8) is 0 Å². The van der Waals surface area contributed by atoms with Crippen molar-refractivity contribution in [3.05, 3.63) is 34.3 Å². The lowest BCUT2D eigenvalue weighted by molar-refractivity contribution is -0.137. The molecule has 1 aromatic rings. The average Bonchev–Trinajstić information content (AvgIpc) is 2.44. The van der Waals surface area contributed by atoms with Crippen LogP contribution in [0.15, 0.2) is 18.2 Å². The molecule has 0 aromatic heterocycles. The van der Waals surface area contributed by atoms with E-state index in [9.17, 15) is 13.2 Å². The van der Waals surface area contributed by atoms with E-state index in [0.717, 1.165) is 50.7 Å². The molecule has 1 aromatic carbocycles. The highest BCUT2D eigenvalue weighted by atomic mass is 35.5. The summed E-state index contributed by atoms with van der Waals surface area (Å²) >= 11 is 5.85. The highest BCUT2D eigenvalue weighted by Crippen LogP contribution is 2.37. The van der Waals surface area contributed by atoms with Crippen molar-refractivity contribution in [2.75, 3.05) is 26.2 Å². The number of nitrogens with one attached hydrogen (secondary N) is 1. The second-order valence-electron chi connectivity index (χ2n) is 5.33. The van der Waals surface area contributed by atoms with Crippen LogP contribution in [0.5, 0.6) is 0 Å².